The monoisotopic (exact) mass is 297 g/mol. The van der Waals surface area contributed by atoms with E-state index in [1.165, 1.54) is 18.9 Å². The fraction of sp³-hybridized carbons (Fsp3) is 0.143. The van der Waals surface area contributed by atoms with Crippen LogP contribution in [0.1, 0.15) is 5.56 Å². The number of nitrogens with two attached hydrogens (primary N) is 1. The molecule has 2 rings (SSSR count). The fourth-order valence-corrected chi connectivity index (χ4v) is 2.96. The van der Waals surface area contributed by atoms with Crippen LogP contribution in [-0.4, -0.2) is 7.11 Å². The van der Waals surface area contributed by atoms with Gasteiger partial charge in [-0.1, -0.05) is 29.8 Å². The number of methoxy groups -OCH3 is 1. The average molecular weight is 298 g/mol. The van der Waals surface area contributed by atoms with Crippen LogP contribution in [0.2, 0.25) is 5.02 Å². The molecule has 0 amide bonds. The SMILES string of the molecule is COc1cccc(CSc2c(N)cccc2Cl)c1F. The molecule has 0 spiro atoms. The molecule has 0 unspecified atom stereocenters. The maximum atomic E-state index is 14.0. The molecular weight excluding hydrogens is 285 g/mol. The quantitative estimate of drug-likeness (QED) is 0.672. The third-order valence-corrected chi connectivity index (χ3v) is 4.26. The molecule has 19 heavy (non-hydrogen) atoms. The van der Waals surface area contributed by atoms with Gasteiger partial charge in [-0.3, -0.25) is 0 Å². The van der Waals surface area contributed by atoms with Crippen molar-refractivity contribution in [3.05, 3.63) is 52.8 Å². The minimum absolute atomic E-state index is 0.241. The van der Waals surface area contributed by atoms with Crippen molar-refractivity contribution >= 4 is 29.1 Å². The largest absolute Gasteiger partial charge is 0.494 e. The van der Waals surface area contributed by atoms with Crippen molar-refractivity contribution in [3.8, 4) is 5.75 Å². The van der Waals surface area contributed by atoms with E-state index in [4.69, 9.17) is 22.1 Å². The van der Waals surface area contributed by atoms with Gasteiger partial charge in [0, 0.05) is 21.9 Å². The summed E-state index contributed by atoms with van der Waals surface area (Å²) in [5, 5.41) is 0.577. The number of hydrogen-bond acceptors (Lipinski definition) is 3. The first-order valence-corrected chi connectivity index (χ1v) is 6.98. The summed E-state index contributed by atoms with van der Waals surface area (Å²) in [6.45, 7) is 0. The fourth-order valence-electron chi connectivity index (χ4n) is 1.65. The van der Waals surface area contributed by atoms with Crippen LogP contribution in [-0.2, 0) is 5.75 Å². The van der Waals surface area contributed by atoms with Gasteiger partial charge in [-0.2, -0.15) is 0 Å². The molecule has 0 aromatic heterocycles. The summed E-state index contributed by atoms with van der Waals surface area (Å²) in [4.78, 5) is 0.770. The summed E-state index contributed by atoms with van der Waals surface area (Å²) in [7, 11) is 1.45. The van der Waals surface area contributed by atoms with Crippen molar-refractivity contribution in [2.75, 3.05) is 12.8 Å². The summed E-state index contributed by atoms with van der Waals surface area (Å²) in [6, 6.07) is 10.4. The van der Waals surface area contributed by atoms with Crippen molar-refractivity contribution in [1.82, 2.24) is 0 Å². The molecule has 0 aliphatic carbocycles. The van der Waals surface area contributed by atoms with Crippen LogP contribution < -0.4 is 10.5 Å². The lowest BCUT2D eigenvalue weighted by molar-refractivity contribution is 0.385. The summed E-state index contributed by atoms with van der Waals surface area (Å²) in [5.74, 6) is 0.338. The van der Waals surface area contributed by atoms with E-state index < -0.39 is 0 Å². The van der Waals surface area contributed by atoms with Crippen molar-refractivity contribution in [1.29, 1.82) is 0 Å². The Morgan fingerprint density at radius 1 is 1.26 bits per heavy atom. The average Bonchev–Trinajstić information content (AvgIpc) is 2.40. The molecule has 2 N–H and O–H groups in total. The van der Waals surface area contributed by atoms with Gasteiger partial charge in [-0.25, -0.2) is 4.39 Å². The molecule has 100 valence electrons. The zero-order chi connectivity index (χ0) is 13.8. The molecule has 5 heteroatoms. The number of anilines is 1. The number of nitrogen functional groups attached to an aromatic ring is 1. The third-order valence-electron chi connectivity index (χ3n) is 2.63. The highest BCUT2D eigenvalue weighted by atomic mass is 35.5. The van der Waals surface area contributed by atoms with Crippen LogP contribution in [0.15, 0.2) is 41.3 Å². The predicted molar refractivity (Wildman–Crippen MR) is 78.4 cm³/mol. The molecule has 0 aliphatic heterocycles. The number of ether oxygens (including phenoxy) is 1. The van der Waals surface area contributed by atoms with E-state index in [0.717, 1.165) is 4.90 Å². The zero-order valence-corrected chi connectivity index (χ0v) is 11.9. The Hall–Kier alpha value is -1.39. The maximum absolute atomic E-state index is 14.0. The Morgan fingerprint density at radius 3 is 2.68 bits per heavy atom. The van der Waals surface area contributed by atoms with Crippen LogP contribution in [0.25, 0.3) is 0 Å². The van der Waals surface area contributed by atoms with Crippen LogP contribution in [0.4, 0.5) is 10.1 Å². The second-order valence-corrected chi connectivity index (χ2v) is 5.27. The lowest BCUT2D eigenvalue weighted by Crippen LogP contribution is -1.94. The van der Waals surface area contributed by atoms with Crippen molar-refractivity contribution in [2.45, 2.75) is 10.6 Å². The molecule has 0 heterocycles. The predicted octanol–water partition coefficient (Wildman–Crippen LogP) is 4.36. The van der Waals surface area contributed by atoms with Crippen LogP contribution >= 0.6 is 23.4 Å². The standard InChI is InChI=1S/C14H13ClFNOS/c1-18-12-7-2-4-9(13(12)16)8-19-14-10(15)5-3-6-11(14)17/h2-7H,8,17H2,1H3. The van der Waals surface area contributed by atoms with Crippen molar-refractivity contribution < 1.29 is 9.13 Å². The Labute approximate surface area is 120 Å². The number of thioether (sulfide) groups is 1. The molecule has 2 aromatic carbocycles. The van der Waals surface area contributed by atoms with Gasteiger partial charge in [0.2, 0.25) is 0 Å². The summed E-state index contributed by atoms with van der Waals surface area (Å²) >= 11 is 7.48. The molecule has 0 atom stereocenters. The molecule has 0 fully saturated rings. The van der Waals surface area contributed by atoms with E-state index in [0.29, 0.717) is 22.0 Å². The van der Waals surface area contributed by atoms with Gasteiger partial charge in [0.1, 0.15) is 0 Å². The highest BCUT2D eigenvalue weighted by Gasteiger charge is 2.11. The highest BCUT2D eigenvalue weighted by molar-refractivity contribution is 7.98. The van der Waals surface area contributed by atoms with Crippen molar-refractivity contribution in [3.63, 3.8) is 0 Å². The zero-order valence-electron chi connectivity index (χ0n) is 10.3. The van der Waals surface area contributed by atoms with E-state index in [1.54, 1.807) is 36.4 Å². The van der Waals surface area contributed by atoms with Crippen LogP contribution in [0.3, 0.4) is 0 Å². The number of rotatable bonds is 4. The van der Waals surface area contributed by atoms with E-state index in [-0.39, 0.29) is 11.6 Å². The second kappa shape index (κ2) is 6.17. The van der Waals surface area contributed by atoms with Gasteiger partial charge >= 0.3 is 0 Å². The molecule has 2 nitrogen and oxygen atoms in total. The van der Waals surface area contributed by atoms with Gasteiger partial charge in [0.05, 0.1) is 12.1 Å². The topological polar surface area (TPSA) is 35.2 Å². The summed E-state index contributed by atoms with van der Waals surface area (Å²) in [5.41, 5.74) is 7.01. The molecular formula is C14H13ClFNOS. The minimum atomic E-state index is -0.344. The number of benzene rings is 2. The first kappa shape index (κ1) is 14.0. The van der Waals surface area contributed by atoms with Crippen molar-refractivity contribution in [2.24, 2.45) is 0 Å². The van der Waals surface area contributed by atoms with E-state index in [2.05, 4.69) is 0 Å². The smallest absolute Gasteiger partial charge is 0.169 e. The molecule has 0 saturated carbocycles. The molecule has 0 saturated heterocycles. The Bertz CT molecular complexity index is 571. The van der Waals surface area contributed by atoms with Gasteiger partial charge in [0.15, 0.2) is 11.6 Å². The normalized spacial score (nSPS) is 10.5. The molecule has 2 aromatic rings. The minimum Gasteiger partial charge on any atom is -0.494 e. The van der Waals surface area contributed by atoms with Gasteiger partial charge in [-0.05, 0) is 18.2 Å². The maximum Gasteiger partial charge on any atom is 0.169 e. The van der Waals surface area contributed by atoms with E-state index >= 15 is 0 Å². The Morgan fingerprint density at radius 2 is 2.00 bits per heavy atom. The molecule has 0 aliphatic rings. The summed E-state index contributed by atoms with van der Waals surface area (Å²) < 4.78 is 18.9. The first-order chi connectivity index (χ1) is 9.13. The Balaban J connectivity index is 2.19. The molecule has 0 radical (unpaired) electrons. The van der Waals surface area contributed by atoms with E-state index in [1.807, 2.05) is 0 Å². The lowest BCUT2D eigenvalue weighted by atomic mass is 10.2. The number of hydrogen-bond donors (Lipinski definition) is 1. The third kappa shape index (κ3) is 3.14. The first-order valence-electron chi connectivity index (χ1n) is 5.61. The van der Waals surface area contributed by atoms with Crippen LogP contribution in [0.5, 0.6) is 5.75 Å². The van der Waals surface area contributed by atoms with E-state index in [9.17, 15) is 4.39 Å². The Kier molecular flexibility index (Phi) is 4.56. The van der Waals surface area contributed by atoms with Gasteiger partial charge in [-0.15, -0.1) is 11.8 Å². The summed E-state index contributed by atoms with van der Waals surface area (Å²) in [6.07, 6.45) is 0. The van der Waals surface area contributed by atoms with Crippen LogP contribution in [0, 0.1) is 5.82 Å². The number of halogens is 2. The highest BCUT2D eigenvalue weighted by Crippen LogP contribution is 2.35. The van der Waals surface area contributed by atoms with Gasteiger partial charge in [0.25, 0.3) is 0 Å². The van der Waals surface area contributed by atoms with Gasteiger partial charge < -0.3 is 10.5 Å². The lowest BCUT2D eigenvalue weighted by Gasteiger charge is -2.09. The second-order valence-electron chi connectivity index (χ2n) is 3.88. The molecule has 0 bridgehead atoms.